The van der Waals surface area contributed by atoms with Crippen molar-refractivity contribution in [1.29, 1.82) is 0 Å². The first-order chi connectivity index (χ1) is 13.2. The van der Waals surface area contributed by atoms with E-state index < -0.39 is 5.60 Å². The van der Waals surface area contributed by atoms with Crippen molar-refractivity contribution in [2.24, 2.45) is 5.92 Å². The van der Waals surface area contributed by atoms with Gasteiger partial charge in [0.15, 0.2) is 12.4 Å². The Balaban J connectivity index is 1.79. The van der Waals surface area contributed by atoms with Gasteiger partial charge in [-0.05, 0) is 49.9 Å². The summed E-state index contributed by atoms with van der Waals surface area (Å²) in [5.74, 6) is 0.443. The number of aliphatic hydroxyl groups is 1. The fraction of sp³-hybridized carbons (Fsp3) is 0.429. The molecule has 3 N–H and O–H groups in total. The van der Waals surface area contributed by atoms with Gasteiger partial charge in [0.2, 0.25) is 0 Å². The Labute approximate surface area is 165 Å². The molecule has 7 nitrogen and oxygen atoms in total. The number of hydrogen-bond acceptors (Lipinski definition) is 5. The minimum atomic E-state index is -0.948. The molecule has 1 atom stereocenters. The van der Waals surface area contributed by atoms with Crippen LogP contribution in [-0.2, 0) is 4.79 Å². The Hall–Kier alpha value is -2.80. The Morgan fingerprint density at radius 3 is 2.71 bits per heavy atom. The first-order valence-corrected chi connectivity index (χ1v) is 9.32. The first kappa shape index (κ1) is 21.5. The lowest BCUT2D eigenvalue weighted by molar-refractivity contribution is -0.124. The highest BCUT2D eigenvalue weighted by Gasteiger charge is 2.21. The molecule has 0 aliphatic rings. The molecular weight excluding hydrogens is 360 g/mol. The molecule has 0 spiro atoms. The van der Waals surface area contributed by atoms with E-state index in [9.17, 15) is 14.7 Å². The molecule has 1 aromatic carbocycles. The number of nitrogens with one attached hydrogen (secondary N) is 2. The van der Waals surface area contributed by atoms with Gasteiger partial charge in [0.25, 0.3) is 11.8 Å². The zero-order valence-corrected chi connectivity index (χ0v) is 16.5. The minimum absolute atomic E-state index is 0.168. The maximum Gasteiger partial charge on any atom is 0.291 e. The summed E-state index contributed by atoms with van der Waals surface area (Å²) in [6, 6.07) is 9.92. The van der Waals surface area contributed by atoms with Crippen LogP contribution in [0.4, 0.5) is 5.69 Å². The van der Waals surface area contributed by atoms with Crippen LogP contribution in [0.5, 0.6) is 5.75 Å². The smallest absolute Gasteiger partial charge is 0.291 e. The van der Waals surface area contributed by atoms with Gasteiger partial charge in [0.1, 0.15) is 5.75 Å². The fourth-order valence-corrected chi connectivity index (χ4v) is 2.44. The van der Waals surface area contributed by atoms with Gasteiger partial charge in [0, 0.05) is 18.3 Å². The Kier molecular flexibility index (Phi) is 7.63. The second kappa shape index (κ2) is 9.94. The summed E-state index contributed by atoms with van der Waals surface area (Å²) in [5, 5.41) is 15.7. The van der Waals surface area contributed by atoms with Gasteiger partial charge in [-0.2, -0.15) is 0 Å². The number of amides is 2. The van der Waals surface area contributed by atoms with Gasteiger partial charge in [-0.15, -0.1) is 0 Å². The van der Waals surface area contributed by atoms with Crippen LogP contribution in [0.15, 0.2) is 47.1 Å². The largest absolute Gasteiger partial charge is 0.484 e. The SMILES string of the molecule is CC(C)CC[C@](C)(O)CNC(=O)COc1cccc(NC(=O)c2ccco2)c1. The van der Waals surface area contributed by atoms with Gasteiger partial charge in [0.05, 0.1) is 11.9 Å². The predicted molar refractivity (Wildman–Crippen MR) is 106 cm³/mol. The van der Waals surface area contributed by atoms with Crippen molar-refractivity contribution < 1.29 is 23.8 Å². The summed E-state index contributed by atoms with van der Waals surface area (Å²) in [6.07, 6.45) is 2.92. The fourth-order valence-electron chi connectivity index (χ4n) is 2.44. The van der Waals surface area contributed by atoms with E-state index in [4.69, 9.17) is 9.15 Å². The summed E-state index contributed by atoms with van der Waals surface area (Å²) < 4.78 is 10.5. The lowest BCUT2D eigenvalue weighted by atomic mass is 9.95. The third-order valence-electron chi connectivity index (χ3n) is 4.13. The summed E-state index contributed by atoms with van der Waals surface area (Å²) >= 11 is 0. The van der Waals surface area contributed by atoms with E-state index in [1.165, 1.54) is 6.26 Å². The van der Waals surface area contributed by atoms with Gasteiger partial charge in [-0.1, -0.05) is 19.9 Å². The molecule has 0 saturated carbocycles. The van der Waals surface area contributed by atoms with E-state index in [2.05, 4.69) is 24.5 Å². The van der Waals surface area contributed by atoms with Crippen molar-refractivity contribution in [3.63, 3.8) is 0 Å². The van der Waals surface area contributed by atoms with Crippen LogP contribution in [0, 0.1) is 5.92 Å². The van der Waals surface area contributed by atoms with E-state index in [0.717, 1.165) is 6.42 Å². The third-order valence-corrected chi connectivity index (χ3v) is 4.13. The molecule has 0 aliphatic heterocycles. The van der Waals surface area contributed by atoms with Crippen molar-refractivity contribution in [2.45, 2.75) is 39.2 Å². The Morgan fingerprint density at radius 2 is 2.04 bits per heavy atom. The van der Waals surface area contributed by atoms with Crippen LogP contribution in [0.2, 0.25) is 0 Å². The summed E-state index contributed by atoms with van der Waals surface area (Å²) in [6.45, 7) is 5.88. The van der Waals surface area contributed by atoms with E-state index in [0.29, 0.717) is 23.8 Å². The quantitative estimate of drug-likeness (QED) is 0.580. The zero-order chi connectivity index (χ0) is 20.6. The molecule has 28 heavy (non-hydrogen) atoms. The molecule has 0 radical (unpaired) electrons. The molecule has 0 bridgehead atoms. The van der Waals surface area contributed by atoms with Crippen LogP contribution < -0.4 is 15.4 Å². The Bertz CT molecular complexity index is 769. The van der Waals surface area contributed by atoms with Gasteiger partial charge in [-0.25, -0.2) is 0 Å². The molecule has 2 amide bonds. The van der Waals surface area contributed by atoms with Crippen LogP contribution >= 0.6 is 0 Å². The molecule has 0 unspecified atom stereocenters. The molecule has 152 valence electrons. The second-order valence-electron chi connectivity index (χ2n) is 7.45. The highest BCUT2D eigenvalue weighted by molar-refractivity contribution is 6.02. The molecule has 2 rings (SSSR count). The van der Waals surface area contributed by atoms with E-state index in [1.807, 2.05) is 0 Å². The monoisotopic (exact) mass is 388 g/mol. The third kappa shape index (κ3) is 7.44. The summed E-state index contributed by atoms with van der Waals surface area (Å²) in [4.78, 5) is 24.0. The summed E-state index contributed by atoms with van der Waals surface area (Å²) in [5.41, 5.74) is -0.424. The van der Waals surface area contributed by atoms with Gasteiger partial charge >= 0.3 is 0 Å². The number of benzene rings is 1. The standard InChI is InChI=1S/C21H28N2O5/c1-15(2)9-10-21(3,26)14-22-19(24)13-28-17-7-4-6-16(12-17)23-20(25)18-8-5-11-27-18/h4-8,11-12,15,26H,9-10,13-14H2,1-3H3,(H,22,24)(H,23,25)/t21-/m0/s1. The van der Waals surface area contributed by atoms with Crippen molar-refractivity contribution >= 4 is 17.5 Å². The average Bonchev–Trinajstić information content (AvgIpc) is 3.18. The molecule has 0 fully saturated rings. The van der Waals surface area contributed by atoms with E-state index in [1.54, 1.807) is 43.3 Å². The number of anilines is 1. The maximum absolute atomic E-state index is 12.0. The zero-order valence-electron chi connectivity index (χ0n) is 16.5. The predicted octanol–water partition coefficient (Wildman–Crippen LogP) is 3.21. The second-order valence-corrected chi connectivity index (χ2v) is 7.45. The molecule has 0 saturated heterocycles. The number of carbonyl (C=O) groups is 2. The lowest BCUT2D eigenvalue weighted by Crippen LogP contribution is -2.42. The number of rotatable bonds is 10. The number of carbonyl (C=O) groups excluding carboxylic acids is 2. The van der Waals surface area contributed by atoms with Crippen molar-refractivity contribution in [1.82, 2.24) is 5.32 Å². The van der Waals surface area contributed by atoms with Crippen molar-refractivity contribution in [3.05, 3.63) is 48.4 Å². The minimum Gasteiger partial charge on any atom is -0.484 e. The lowest BCUT2D eigenvalue weighted by Gasteiger charge is -2.24. The molecule has 1 aromatic heterocycles. The van der Waals surface area contributed by atoms with E-state index in [-0.39, 0.29) is 30.7 Å². The molecule has 7 heteroatoms. The van der Waals surface area contributed by atoms with Gasteiger partial charge < -0.3 is 24.9 Å². The van der Waals surface area contributed by atoms with Crippen LogP contribution in [0.1, 0.15) is 44.2 Å². The normalized spacial score (nSPS) is 13.0. The number of hydrogen-bond donors (Lipinski definition) is 3. The first-order valence-electron chi connectivity index (χ1n) is 9.32. The number of ether oxygens (including phenoxy) is 1. The molecular formula is C21H28N2O5. The number of furan rings is 1. The maximum atomic E-state index is 12.0. The summed E-state index contributed by atoms with van der Waals surface area (Å²) in [7, 11) is 0. The van der Waals surface area contributed by atoms with Crippen LogP contribution in [-0.4, -0.2) is 35.7 Å². The highest BCUT2D eigenvalue weighted by atomic mass is 16.5. The highest BCUT2D eigenvalue weighted by Crippen LogP contribution is 2.18. The topological polar surface area (TPSA) is 101 Å². The molecule has 0 aliphatic carbocycles. The Morgan fingerprint density at radius 1 is 1.25 bits per heavy atom. The van der Waals surface area contributed by atoms with Crippen molar-refractivity contribution in [2.75, 3.05) is 18.5 Å². The average molecular weight is 388 g/mol. The van der Waals surface area contributed by atoms with Crippen molar-refractivity contribution in [3.8, 4) is 5.75 Å². The molecule has 1 heterocycles. The van der Waals surface area contributed by atoms with Gasteiger partial charge in [-0.3, -0.25) is 9.59 Å². The molecule has 2 aromatic rings. The van der Waals surface area contributed by atoms with Crippen LogP contribution in [0.3, 0.4) is 0 Å². The van der Waals surface area contributed by atoms with Crippen LogP contribution in [0.25, 0.3) is 0 Å². The van der Waals surface area contributed by atoms with E-state index >= 15 is 0 Å².